The van der Waals surface area contributed by atoms with E-state index in [0.717, 1.165) is 29.9 Å². The summed E-state index contributed by atoms with van der Waals surface area (Å²) in [7, 11) is 0. The molecule has 2 aromatic heterocycles. The molecule has 0 aliphatic heterocycles. The van der Waals surface area contributed by atoms with Gasteiger partial charge >= 0.3 is 0 Å². The molecule has 0 unspecified atom stereocenters. The van der Waals surface area contributed by atoms with E-state index in [2.05, 4.69) is 28.8 Å². The Hall–Kier alpha value is -1.67. The molecule has 0 atom stereocenters. The van der Waals surface area contributed by atoms with Gasteiger partial charge in [0.05, 0.1) is 9.72 Å². The van der Waals surface area contributed by atoms with Gasteiger partial charge in [0.1, 0.15) is 11.2 Å². The van der Waals surface area contributed by atoms with E-state index in [1.807, 2.05) is 25.1 Å². The molecule has 3 rings (SSSR count). The van der Waals surface area contributed by atoms with E-state index in [1.165, 1.54) is 11.3 Å². The predicted molar refractivity (Wildman–Crippen MR) is 119 cm³/mol. The van der Waals surface area contributed by atoms with Crippen molar-refractivity contribution in [3.8, 4) is 0 Å². The van der Waals surface area contributed by atoms with E-state index in [-0.39, 0.29) is 18.3 Å². The van der Waals surface area contributed by atoms with Crippen LogP contribution in [0.1, 0.15) is 31.3 Å². The number of aryl methyl sites for hydroxylation is 1. The van der Waals surface area contributed by atoms with Gasteiger partial charge in [-0.2, -0.15) is 5.10 Å². The Morgan fingerprint density at radius 2 is 1.93 bits per heavy atom. The van der Waals surface area contributed by atoms with Crippen LogP contribution in [0.4, 0.5) is 5.13 Å². The van der Waals surface area contributed by atoms with Gasteiger partial charge in [0.25, 0.3) is 5.91 Å². The number of hydrogen-bond acceptors (Lipinski definition) is 5. The largest absolute Gasteiger partial charge is 0.302 e. The fourth-order valence-electron chi connectivity index (χ4n) is 2.99. The number of nitrogens with zero attached hydrogens (tertiary/aromatic N) is 5. The minimum atomic E-state index is -0.0864. The van der Waals surface area contributed by atoms with Crippen LogP contribution in [-0.2, 0) is 6.54 Å². The average molecular weight is 442 g/mol. The minimum absolute atomic E-state index is 0. The summed E-state index contributed by atoms with van der Waals surface area (Å²) in [4.78, 5) is 22.0. The summed E-state index contributed by atoms with van der Waals surface area (Å²) < 4.78 is 2.69. The van der Waals surface area contributed by atoms with E-state index in [1.54, 1.807) is 21.8 Å². The molecule has 9 heteroatoms. The highest BCUT2D eigenvalue weighted by Crippen LogP contribution is 2.33. The van der Waals surface area contributed by atoms with Crippen LogP contribution in [0.5, 0.6) is 0 Å². The quantitative estimate of drug-likeness (QED) is 0.513. The van der Waals surface area contributed by atoms with Crippen LogP contribution >= 0.6 is 35.3 Å². The molecule has 0 saturated carbocycles. The number of para-hydroxylation sites is 1. The van der Waals surface area contributed by atoms with Crippen LogP contribution < -0.4 is 4.90 Å². The number of likely N-dealkylation sites (N-methyl/N-ethyl adjacent to an activating group) is 1. The lowest BCUT2D eigenvalue weighted by atomic mass is 10.3. The summed E-state index contributed by atoms with van der Waals surface area (Å²) in [5, 5.41) is 5.50. The van der Waals surface area contributed by atoms with Crippen LogP contribution in [0.2, 0.25) is 5.02 Å². The Morgan fingerprint density at radius 3 is 2.57 bits per heavy atom. The highest BCUT2D eigenvalue weighted by atomic mass is 35.5. The predicted octanol–water partition coefficient (Wildman–Crippen LogP) is 4.58. The summed E-state index contributed by atoms with van der Waals surface area (Å²) in [6, 6.07) is 7.46. The zero-order valence-electron chi connectivity index (χ0n) is 16.3. The molecule has 1 aromatic carbocycles. The van der Waals surface area contributed by atoms with Gasteiger partial charge in [-0.25, -0.2) is 4.98 Å². The molecule has 0 bridgehead atoms. The fraction of sp³-hybridized carbons (Fsp3) is 0.421. The summed E-state index contributed by atoms with van der Waals surface area (Å²) in [5.74, 6) is -0.0864. The van der Waals surface area contributed by atoms with Crippen molar-refractivity contribution in [2.75, 3.05) is 31.1 Å². The average Bonchev–Trinajstić information content (AvgIpc) is 3.32. The Labute approximate surface area is 180 Å². The number of halogens is 2. The number of aromatic nitrogens is 3. The molecular formula is C19H25Cl2N5OS. The van der Waals surface area contributed by atoms with E-state index in [4.69, 9.17) is 11.6 Å². The van der Waals surface area contributed by atoms with E-state index in [0.29, 0.717) is 28.9 Å². The minimum Gasteiger partial charge on any atom is -0.302 e. The number of anilines is 1. The number of benzene rings is 1. The number of amides is 1. The van der Waals surface area contributed by atoms with E-state index >= 15 is 0 Å². The van der Waals surface area contributed by atoms with Gasteiger partial charge in [-0.05, 0) is 38.2 Å². The lowest BCUT2D eigenvalue weighted by Gasteiger charge is -2.24. The molecule has 0 N–H and O–H groups in total. The lowest BCUT2D eigenvalue weighted by Crippen LogP contribution is -2.39. The Balaban J connectivity index is 0.00000280. The van der Waals surface area contributed by atoms with Crippen molar-refractivity contribution in [2.24, 2.45) is 0 Å². The number of carbonyl (C=O) groups is 1. The molecule has 6 nitrogen and oxygen atoms in total. The van der Waals surface area contributed by atoms with E-state index < -0.39 is 0 Å². The van der Waals surface area contributed by atoms with Gasteiger partial charge < -0.3 is 4.90 Å². The number of thiazole rings is 1. The molecule has 0 radical (unpaired) electrons. The van der Waals surface area contributed by atoms with Crippen LogP contribution in [0.25, 0.3) is 10.2 Å². The first-order valence-electron chi connectivity index (χ1n) is 9.20. The maximum Gasteiger partial charge on any atom is 0.278 e. The highest BCUT2D eigenvalue weighted by molar-refractivity contribution is 7.22. The van der Waals surface area contributed by atoms with Gasteiger partial charge in [-0.3, -0.25) is 14.4 Å². The van der Waals surface area contributed by atoms with Crippen molar-refractivity contribution < 1.29 is 4.79 Å². The maximum absolute atomic E-state index is 13.3. The van der Waals surface area contributed by atoms with Crippen molar-refractivity contribution in [1.82, 2.24) is 19.7 Å². The molecule has 0 saturated heterocycles. The zero-order chi connectivity index (χ0) is 19.4. The smallest absolute Gasteiger partial charge is 0.278 e. The number of carbonyl (C=O) groups excluding carboxylic acids is 1. The van der Waals surface area contributed by atoms with Gasteiger partial charge in [0.15, 0.2) is 5.13 Å². The topological polar surface area (TPSA) is 54.3 Å². The third-order valence-corrected chi connectivity index (χ3v) is 5.95. The van der Waals surface area contributed by atoms with Crippen molar-refractivity contribution in [3.63, 3.8) is 0 Å². The standard InChI is InChI=1S/C19H24ClN5OS.ClH/c1-4-23(5-2)12-13-24(18(26)15-10-11-21-25(15)6-3)19-22-17-14(20)8-7-9-16(17)27-19;/h7-11H,4-6,12-13H2,1-3H3;1H. The van der Waals surface area contributed by atoms with Gasteiger partial charge in [0.2, 0.25) is 0 Å². The van der Waals surface area contributed by atoms with Crippen LogP contribution in [0.3, 0.4) is 0 Å². The maximum atomic E-state index is 13.3. The molecule has 0 fully saturated rings. The molecule has 1 amide bonds. The molecule has 152 valence electrons. The lowest BCUT2D eigenvalue weighted by molar-refractivity contribution is 0.0973. The Kier molecular flexibility index (Phi) is 8.24. The Bertz CT molecular complexity index is 922. The SMILES string of the molecule is CCN(CC)CCN(C(=O)c1ccnn1CC)c1nc2c(Cl)cccc2s1.Cl. The van der Waals surface area contributed by atoms with Crippen LogP contribution in [0.15, 0.2) is 30.5 Å². The van der Waals surface area contributed by atoms with Crippen LogP contribution in [-0.4, -0.2) is 51.8 Å². The molecule has 0 aliphatic rings. The summed E-state index contributed by atoms with van der Waals surface area (Å²) in [6.07, 6.45) is 1.66. The van der Waals surface area contributed by atoms with Crippen molar-refractivity contribution in [1.29, 1.82) is 0 Å². The second-order valence-electron chi connectivity index (χ2n) is 6.10. The molecule has 28 heavy (non-hydrogen) atoms. The van der Waals surface area contributed by atoms with Crippen molar-refractivity contribution in [2.45, 2.75) is 27.3 Å². The van der Waals surface area contributed by atoms with E-state index in [9.17, 15) is 4.79 Å². The van der Waals surface area contributed by atoms with Crippen molar-refractivity contribution >= 4 is 56.6 Å². The summed E-state index contributed by atoms with van der Waals surface area (Å²) >= 11 is 7.78. The second-order valence-corrected chi connectivity index (χ2v) is 7.52. The van der Waals surface area contributed by atoms with Crippen molar-refractivity contribution in [3.05, 3.63) is 41.2 Å². The van der Waals surface area contributed by atoms with Crippen LogP contribution in [0, 0.1) is 0 Å². The molecule has 0 spiro atoms. The third kappa shape index (κ3) is 4.66. The first-order chi connectivity index (χ1) is 13.1. The first-order valence-corrected chi connectivity index (χ1v) is 10.4. The fourth-order valence-corrected chi connectivity index (χ4v) is 4.28. The molecule has 2 heterocycles. The van der Waals surface area contributed by atoms with Gasteiger partial charge in [0, 0.05) is 25.8 Å². The zero-order valence-corrected chi connectivity index (χ0v) is 18.6. The highest BCUT2D eigenvalue weighted by Gasteiger charge is 2.24. The second kappa shape index (κ2) is 10.2. The first kappa shape index (κ1) is 22.6. The normalized spacial score (nSPS) is 11.0. The number of fused-ring (bicyclic) bond motifs is 1. The Morgan fingerprint density at radius 1 is 1.18 bits per heavy atom. The third-order valence-electron chi connectivity index (χ3n) is 4.60. The van der Waals surface area contributed by atoms with Gasteiger partial charge in [-0.15, -0.1) is 12.4 Å². The van der Waals surface area contributed by atoms with Gasteiger partial charge in [-0.1, -0.05) is 42.9 Å². The molecular weight excluding hydrogens is 417 g/mol. The monoisotopic (exact) mass is 441 g/mol. The number of hydrogen-bond donors (Lipinski definition) is 0. The molecule has 3 aromatic rings. The summed E-state index contributed by atoms with van der Waals surface area (Å²) in [6.45, 7) is 10.1. The summed E-state index contributed by atoms with van der Waals surface area (Å²) in [5.41, 5.74) is 1.31. The number of rotatable bonds is 8. The molecule has 0 aliphatic carbocycles.